The number of carbonyl (C=O) groups excluding carboxylic acids is 1. The lowest BCUT2D eigenvalue weighted by Crippen LogP contribution is -2.31. The monoisotopic (exact) mass is 336 g/mol. The van der Waals surface area contributed by atoms with Crippen LogP contribution in [-0.4, -0.2) is 24.5 Å². The number of nitro benzene ring substituents is 1. The molecule has 0 saturated heterocycles. The third-order valence-corrected chi connectivity index (χ3v) is 3.91. The summed E-state index contributed by atoms with van der Waals surface area (Å²) in [6, 6.07) is 19.6. The van der Waals surface area contributed by atoms with Crippen LogP contribution in [0.2, 0.25) is 0 Å². The Morgan fingerprint density at radius 3 is 2.48 bits per heavy atom. The molecule has 1 amide bonds. The Morgan fingerprint density at radius 2 is 1.72 bits per heavy atom. The first-order valence-corrected chi connectivity index (χ1v) is 7.68. The predicted octanol–water partition coefficient (Wildman–Crippen LogP) is 3.79. The molecule has 0 spiro atoms. The van der Waals surface area contributed by atoms with Gasteiger partial charge in [-0.1, -0.05) is 42.5 Å². The van der Waals surface area contributed by atoms with E-state index in [9.17, 15) is 14.9 Å². The van der Waals surface area contributed by atoms with E-state index in [1.165, 1.54) is 17.0 Å². The standard InChI is InChI=1S/C19H16N2O4/c1-20(16-11-10-14-6-2-3-7-15(14)12-16)19(22)13-25-18-9-5-4-8-17(18)21(23)24/h2-12H,13H2,1H3. The van der Waals surface area contributed by atoms with E-state index in [-0.39, 0.29) is 24.0 Å². The molecule has 6 nitrogen and oxygen atoms in total. The lowest BCUT2D eigenvalue weighted by Gasteiger charge is -2.18. The highest BCUT2D eigenvalue weighted by atomic mass is 16.6. The Morgan fingerprint density at radius 1 is 1.04 bits per heavy atom. The second kappa shape index (κ2) is 7.00. The second-order valence-corrected chi connectivity index (χ2v) is 5.50. The van der Waals surface area contributed by atoms with E-state index in [1.807, 2.05) is 42.5 Å². The number of nitrogens with zero attached hydrogens (tertiary/aromatic N) is 2. The van der Waals surface area contributed by atoms with Gasteiger partial charge in [0.25, 0.3) is 5.91 Å². The number of fused-ring (bicyclic) bond motifs is 1. The SMILES string of the molecule is CN(C(=O)COc1ccccc1[N+](=O)[O-])c1ccc2ccccc2c1. The molecule has 0 radical (unpaired) electrons. The van der Waals surface area contributed by atoms with Crippen LogP contribution in [0.15, 0.2) is 66.7 Å². The van der Waals surface area contributed by atoms with Gasteiger partial charge in [-0.3, -0.25) is 14.9 Å². The fraction of sp³-hybridized carbons (Fsp3) is 0.105. The summed E-state index contributed by atoms with van der Waals surface area (Å²) in [6.07, 6.45) is 0. The van der Waals surface area contributed by atoms with Crippen molar-refractivity contribution >= 4 is 28.1 Å². The number of carbonyl (C=O) groups is 1. The zero-order valence-electron chi connectivity index (χ0n) is 13.6. The first-order chi connectivity index (χ1) is 12.1. The number of benzene rings is 3. The molecular formula is C19H16N2O4. The van der Waals surface area contributed by atoms with E-state index in [2.05, 4.69) is 0 Å². The van der Waals surface area contributed by atoms with Crippen LogP contribution in [0, 0.1) is 10.1 Å². The Hall–Kier alpha value is -3.41. The number of anilines is 1. The van der Waals surface area contributed by atoms with E-state index in [0.29, 0.717) is 0 Å². The largest absolute Gasteiger partial charge is 0.477 e. The Balaban J connectivity index is 1.73. The van der Waals surface area contributed by atoms with Crippen LogP contribution in [-0.2, 0) is 4.79 Å². The minimum Gasteiger partial charge on any atom is -0.477 e. The molecule has 6 heteroatoms. The van der Waals surface area contributed by atoms with Gasteiger partial charge in [-0.2, -0.15) is 0 Å². The fourth-order valence-electron chi connectivity index (χ4n) is 2.50. The van der Waals surface area contributed by atoms with Crippen molar-refractivity contribution in [3.05, 3.63) is 76.8 Å². The molecular weight excluding hydrogens is 320 g/mol. The van der Waals surface area contributed by atoms with Crippen molar-refractivity contribution in [3.8, 4) is 5.75 Å². The highest BCUT2D eigenvalue weighted by molar-refractivity contribution is 5.96. The number of rotatable bonds is 5. The topological polar surface area (TPSA) is 72.7 Å². The summed E-state index contributed by atoms with van der Waals surface area (Å²) >= 11 is 0. The molecule has 0 unspecified atom stereocenters. The van der Waals surface area contributed by atoms with Crippen molar-refractivity contribution in [1.82, 2.24) is 0 Å². The van der Waals surface area contributed by atoms with Crippen LogP contribution in [0.3, 0.4) is 0 Å². The molecule has 0 aliphatic heterocycles. The zero-order valence-corrected chi connectivity index (χ0v) is 13.6. The molecule has 3 aromatic carbocycles. The van der Waals surface area contributed by atoms with Crippen LogP contribution in [0.5, 0.6) is 5.75 Å². The molecule has 0 N–H and O–H groups in total. The molecule has 0 bridgehead atoms. The Kier molecular flexibility index (Phi) is 4.61. The summed E-state index contributed by atoms with van der Waals surface area (Å²) in [7, 11) is 1.65. The second-order valence-electron chi connectivity index (χ2n) is 5.50. The average Bonchev–Trinajstić information content (AvgIpc) is 2.65. The van der Waals surface area contributed by atoms with Crippen LogP contribution in [0.1, 0.15) is 0 Å². The summed E-state index contributed by atoms with van der Waals surface area (Å²) in [4.78, 5) is 24.3. The number of para-hydroxylation sites is 2. The van der Waals surface area contributed by atoms with Gasteiger partial charge in [0, 0.05) is 18.8 Å². The smallest absolute Gasteiger partial charge is 0.310 e. The maximum Gasteiger partial charge on any atom is 0.310 e. The number of likely N-dealkylation sites (N-methyl/N-ethyl adjacent to an activating group) is 1. The summed E-state index contributed by atoms with van der Waals surface area (Å²) in [5.41, 5.74) is 0.568. The van der Waals surface area contributed by atoms with Crippen molar-refractivity contribution in [2.45, 2.75) is 0 Å². The lowest BCUT2D eigenvalue weighted by molar-refractivity contribution is -0.385. The van der Waals surface area contributed by atoms with Gasteiger partial charge in [0.05, 0.1) is 4.92 Å². The van der Waals surface area contributed by atoms with E-state index in [1.54, 1.807) is 19.2 Å². The molecule has 0 atom stereocenters. The number of hydrogen-bond acceptors (Lipinski definition) is 4. The van der Waals surface area contributed by atoms with E-state index in [4.69, 9.17) is 4.74 Å². The van der Waals surface area contributed by atoms with E-state index < -0.39 is 4.92 Å². The first kappa shape index (κ1) is 16.4. The van der Waals surface area contributed by atoms with Crippen LogP contribution in [0.4, 0.5) is 11.4 Å². The molecule has 0 aliphatic carbocycles. The number of nitro groups is 1. The number of amides is 1. The van der Waals surface area contributed by atoms with Gasteiger partial charge in [-0.15, -0.1) is 0 Å². The summed E-state index contributed by atoms with van der Waals surface area (Å²) in [6.45, 7) is -0.284. The summed E-state index contributed by atoms with van der Waals surface area (Å²) in [5, 5.41) is 13.1. The predicted molar refractivity (Wildman–Crippen MR) is 95.9 cm³/mol. The molecule has 0 heterocycles. The highest BCUT2D eigenvalue weighted by Gasteiger charge is 2.17. The number of hydrogen-bond donors (Lipinski definition) is 0. The summed E-state index contributed by atoms with van der Waals surface area (Å²) < 4.78 is 5.36. The zero-order chi connectivity index (χ0) is 17.8. The third kappa shape index (κ3) is 3.58. The van der Waals surface area contributed by atoms with Crippen molar-refractivity contribution in [3.63, 3.8) is 0 Å². The molecule has 0 saturated carbocycles. The van der Waals surface area contributed by atoms with Gasteiger partial charge >= 0.3 is 5.69 Å². The van der Waals surface area contributed by atoms with Crippen LogP contribution in [0.25, 0.3) is 10.8 Å². The van der Waals surface area contributed by atoms with E-state index in [0.717, 1.165) is 16.5 Å². The van der Waals surface area contributed by atoms with Crippen molar-refractivity contribution < 1.29 is 14.5 Å². The van der Waals surface area contributed by atoms with E-state index >= 15 is 0 Å². The molecule has 126 valence electrons. The third-order valence-electron chi connectivity index (χ3n) is 3.91. The molecule has 25 heavy (non-hydrogen) atoms. The van der Waals surface area contributed by atoms with Crippen molar-refractivity contribution in [2.75, 3.05) is 18.6 Å². The minimum atomic E-state index is -0.535. The van der Waals surface area contributed by atoms with Gasteiger partial charge in [-0.05, 0) is 29.0 Å². The lowest BCUT2D eigenvalue weighted by atomic mass is 10.1. The van der Waals surface area contributed by atoms with Gasteiger partial charge < -0.3 is 9.64 Å². The quantitative estimate of drug-likeness (QED) is 0.525. The molecule has 3 aromatic rings. The van der Waals surface area contributed by atoms with Gasteiger partial charge in [-0.25, -0.2) is 0 Å². The maximum atomic E-state index is 12.4. The minimum absolute atomic E-state index is 0.0766. The van der Waals surface area contributed by atoms with Crippen LogP contribution >= 0.6 is 0 Å². The van der Waals surface area contributed by atoms with Gasteiger partial charge in [0.1, 0.15) is 0 Å². The van der Waals surface area contributed by atoms with Gasteiger partial charge in [0.2, 0.25) is 0 Å². The summed E-state index contributed by atoms with van der Waals surface area (Å²) in [5.74, 6) is -0.221. The first-order valence-electron chi connectivity index (χ1n) is 7.68. The fourth-order valence-corrected chi connectivity index (χ4v) is 2.50. The molecule has 3 rings (SSSR count). The average molecular weight is 336 g/mol. The van der Waals surface area contributed by atoms with Crippen LogP contribution < -0.4 is 9.64 Å². The Labute approximate surface area is 144 Å². The number of ether oxygens (including phenoxy) is 1. The maximum absolute atomic E-state index is 12.4. The highest BCUT2D eigenvalue weighted by Crippen LogP contribution is 2.26. The van der Waals surface area contributed by atoms with Gasteiger partial charge in [0.15, 0.2) is 12.4 Å². The van der Waals surface area contributed by atoms with Crippen molar-refractivity contribution in [1.29, 1.82) is 0 Å². The molecule has 0 aliphatic rings. The van der Waals surface area contributed by atoms with Crippen molar-refractivity contribution in [2.24, 2.45) is 0 Å². The molecule has 0 fully saturated rings. The Bertz CT molecular complexity index is 939. The normalized spacial score (nSPS) is 10.4. The molecule has 0 aromatic heterocycles.